The molecule has 6 nitrogen and oxygen atoms in total. The maximum atomic E-state index is 13.6. The van der Waals surface area contributed by atoms with Crippen LogP contribution in [0.15, 0.2) is 12.1 Å². The summed E-state index contributed by atoms with van der Waals surface area (Å²) in [5.74, 6) is -0.886. The highest BCUT2D eigenvalue weighted by atomic mass is 19.1. The molecule has 1 fully saturated rings. The first-order valence-electron chi connectivity index (χ1n) is 6.90. The normalized spacial score (nSPS) is 16.0. The molecule has 21 heavy (non-hydrogen) atoms. The monoisotopic (exact) mass is 295 g/mol. The van der Waals surface area contributed by atoms with Gasteiger partial charge < -0.3 is 10.6 Å². The highest BCUT2D eigenvalue weighted by Gasteiger charge is 2.28. The fourth-order valence-corrected chi connectivity index (χ4v) is 2.43. The number of rotatable bonds is 5. The molecular weight excluding hydrogens is 277 g/mol. The van der Waals surface area contributed by atoms with Crippen LogP contribution < -0.4 is 10.6 Å². The van der Waals surface area contributed by atoms with Gasteiger partial charge in [-0.25, -0.2) is 4.39 Å². The molecule has 0 saturated heterocycles. The fraction of sp³-hybridized carbons (Fsp3) is 0.500. The molecule has 1 unspecified atom stereocenters. The van der Waals surface area contributed by atoms with Crippen LogP contribution in [0, 0.1) is 21.8 Å². The van der Waals surface area contributed by atoms with Gasteiger partial charge in [0.05, 0.1) is 16.7 Å². The van der Waals surface area contributed by atoms with E-state index in [4.69, 9.17) is 0 Å². The number of nitro groups is 1. The summed E-state index contributed by atoms with van der Waals surface area (Å²) in [6.07, 6.45) is 3.24. The van der Waals surface area contributed by atoms with Crippen LogP contribution in [-0.4, -0.2) is 23.9 Å². The zero-order valence-electron chi connectivity index (χ0n) is 12.0. The molecule has 0 aromatic heterocycles. The van der Waals surface area contributed by atoms with Gasteiger partial charge in [0.25, 0.3) is 11.6 Å². The van der Waals surface area contributed by atoms with E-state index in [-0.39, 0.29) is 17.3 Å². The molecule has 0 radical (unpaired) electrons. The molecule has 0 bridgehead atoms. The quantitative estimate of drug-likeness (QED) is 0.646. The SMILES string of the molecule is CNc1cc(C(=O)NC(C)C2CCC2)c([N+](=O)[O-])cc1F. The average molecular weight is 295 g/mol. The molecule has 7 heteroatoms. The molecule has 1 atom stereocenters. The molecule has 1 aliphatic rings. The number of nitro benzene ring substituents is 1. The maximum Gasteiger partial charge on any atom is 0.285 e. The van der Waals surface area contributed by atoms with E-state index in [2.05, 4.69) is 10.6 Å². The lowest BCUT2D eigenvalue weighted by Crippen LogP contribution is -2.40. The molecule has 1 aliphatic carbocycles. The topological polar surface area (TPSA) is 84.3 Å². The molecule has 2 N–H and O–H groups in total. The first-order chi connectivity index (χ1) is 9.93. The van der Waals surface area contributed by atoms with Crippen LogP contribution in [0.4, 0.5) is 15.8 Å². The number of nitrogens with one attached hydrogen (secondary N) is 2. The van der Waals surface area contributed by atoms with Crippen molar-refractivity contribution in [2.24, 2.45) is 5.92 Å². The van der Waals surface area contributed by atoms with Crippen LogP contribution >= 0.6 is 0 Å². The maximum absolute atomic E-state index is 13.6. The number of hydrogen-bond donors (Lipinski definition) is 2. The van der Waals surface area contributed by atoms with Gasteiger partial charge >= 0.3 is 0 Å². The van der Waals surface area contributed by atoms with Crippen LogP contribution in [0.1, 0.15) is 36.5 Å². The molecular formula is C14H18FN3O3. The van der Waals surface area contributed by atoms with Crippen molar-refractivity contribution < 1.29 is 14.1 Å². The van der Waals surface area contributed by atoms with E-state index in [0.717, 1.165) is 25.3 Å². The standard InChI is InChI=1S/C14H18FN3O3/c1-8(9-4-3-5-9)17-14(19)10-6-12(16-2)11(15)7-13(10)18(20)21/h6-9,16H,3-5H2,1-2H3,(H,17,19). The Kier molecular flexibility index (Phi) is 4.40. The Morgan fingerprint density at radius 3 is 2.62 bits per heavy atom. The summed E-state index contributed by atoms with van der Waals surface area (Å²) in [5.41, 5.74) is -0.594. The third-order valence-electron chi connectivity index (χ3n) is 4.01. The van der Waals surface area contributed by atoms with Crippen molar-refractivity contribution in [2.75, 3.05) is 12.4 Å². The molecule has 0 aliphatic heterocycles. The highest BCUT2D eigenvalue weighted by molar-refractivity contribution is 5.99. The molecule has 0 heterocycles. The van der Waals surface area contributed by atoms with Crippen LogP contribution in [0.3, 0.4) is 0 Å². The second-order valence-corrected chi connectivity index (χ2v) is 5.31. The molecule has 0 spiro atoms. The van der Waals surface area contributed by atoms with Crippen molar-refractivity contribution in [1.29, 1.82) is 0 Å². The molecule has 1 aromatic carbocycles. The summed E-state index contributed by atoms with van der Waals surface area (Å²) >= 11 is 0. The van der Waals surface area contributed by atoms with Gasteiger partial charge in [-0.3, -0.25) is 14.9 Å². The lowest BCUT2D eigenvalue weighted by molar-refractivity contribution is -0.385. The smallest absolute Gasteiger partial charge is 0.285 e. The van der Waals surface area contributed by atoms with Gasteiger partial charge in [-0.05, 0) is 31.7 Å². The zero-order chi connectivity index (χ0) is 15.6. The van der Waals surface area contributed by atoms with E-state index in [0.29, 0.717) is 5.92 Å². The third-order valence-corrected chi connectivity index (χ3v) is 4.01. The van der Waals surface area contributed by atoms with Crippen molar-refractivity contribution >= 4 is 17.3 Å². The van der Waals surface area contributed by atoms with Crippen molar-refractivity contribution in [1.82, 2.24) is 5.32 Å². The summed E-state index contributed by atoms with van der Waals surface area (Å²) in [7, 11) is 1.49. The Bertz CT molecular complexity index is 573. The lowest BCUT2D eigenvalue weighted by Gasteiger charge is -2.31. The third kappa shape index (κ3) is 3.12. The van der Waals surface area contributed by atoms with Gasteiger partial charge in [0.2, 0.25) is 0 Å². The number of halogens is 1. The number of nitrogens with zero attached hydrogens (tertiary/aromatic N) is 1. The minimum absolute atomic E-state index is 0.0473. The van der Waals surface area contributed by atoms with Crippen molar-refractivity contribution in [2.45, 2.75) is 32.2 Å². The second-order valence-electron chi connectivity index (χ2n) is 5.31. The predicted molar refractivity (Wildman–Crippen MR) is 76.9 cm³/mol. The number of carbonyl (C=O) groups is 1. The molecule has 1 saturated carbocycles. The highest BCUT2D eigenvalue weighted by Crippen LogP contribution is 2.30. The lowest BCUT2D eigenvalue weighted by atomic mass is 9.80. The Balaban J connectivity index is 2.27. The van der Waals surface area contributed by atoms with E-state index in [1.165, 1.54) is 13.1 Å². The average Bonchev–Trinajstić information content (AvgIpc) is 2.35. The van der Waals surface area contributed by atoms with Crippen LogP contribution in [0.5, 0.6) is 0 Å². The van der Waals surface area contributed by atoms with Gasteiger partial charge in [0.1, 0.15) is 5.56 Å². The molecule has 1 amide bonds. The Morgan fingerprint density at radius 1 is 1.48 bits per heavy atom. The Labute approximate surface area is 121 Å². The molecule has 2 rings (SSSR count). The predicted octanol–water partition coefficient (Wildman–Crippen LogP) is 2.69. The van der Waals surface area contributed by atoms with Crippen LogP contribution in [-0.2, 0) is 0 Å². The first kappa shape index (κ1) is 15.2. The van der Waals surface area contributed by atoms with E-state index < -0.39 is 22.3 Å². The minimum Gasteiger partial charge on any atom is -0.386 e. The summed E-state index contributed by atoms with van der Waals surface area (Å²) < 4.78 is 13.6. The minimum atomic E-state index is -0.757. The van der Waals surface area contributed by atoms with Gasteiger partial charge in [0.15, 0.2) is 5.82 Å². The van der Waals surface area contributed by atoms with Gasteiger partial charge in [0, 0.05) is 13.1 Å². The summed E-state index contributed by atoms with van der Waals surface area (Å²) in [6.45, 7) is 1.88. The zero-order valence-corrected chi connectivity index (χ0v) is 12.0. The summed E-state index contributed by atoms with van der Waals surface area (Å²) in [4.78, 5) is 22.5. The number of benzene rings is 1. The first-order valence-corrected chi connectivity index (χ1v) is 6.90. The van der Waals surface area contributed by atoms with E-state index in [9.17, 15) is 19.3 Å². The second kappa shape index (κ2) is 6.07. The fourth-order valence-electron chi connectivity index (χ4n) is 2.43. The number of anilines is 1. The summed E-state index contributed by atoms with van der Waals surface area (Å²) in [5, 5.41) is 16.4. The number of amides is 1. The van der Waals surface area contributed by atoms with Gasteiger partial charge in [-0.2, -0.15) is 0 Å². The van der Waals surface area contributed by atoms with E-state index in [1.54, 1.807) is 0 Å². The Morgan fingerprint density at radius 2 is 2.14 bits per heavy atom. The van der Waals surface area contributed by atoms with Crippen molar-refractivity contribution in [3.8, 4) is 0 Å². The van der Waals surface area contributed by atoms with Gasteiger partial charge in [-0.15, -0.1) is 0 Å². The summed E-state index contributed by atoms with van der Waals surface area (Å²) in [6, 6.07) is 1.90. The molecule has 1 aromatic rings. The van der Waals surface area contributed by atoms with Gasteiger partial charge in [-0.1, -0.05) is 6.42 Å². The van der Waals surface area contributed by atoms with Crippen LogP contribution in [0.2, 0.25) is 0 Å². The Hall–Kier alpha value is -2.18. The molecule has 114 valence electrons. The number of hydrogen-bond acceptors (Lipinski definition) is 4. The van der Waals surface area contributed by atoms with Crippen molar-refractivity contribution in [3.05, 3.63) is 33.6 Å². The largest absolute Gasteiger partial charge is 0.386 e. The van der Waals surface area contributed by atoms with E-state index in [1.807, 2.05) is 6.92 Å². The van der Waals surface area contributed by atoms with E-state index >= 15 is 0 Å². The van der Waals surface area contributed by atoms with Crippen LogP contribution in [0.25, 0.3) is 0 Å². The number of carbonyl (C=O) groups excluding carboxylic acids is 1. The van der Waals surface area contributed by atoms with Crippen molar-refractivity contribution in [3.63, 3.8) is 0 Å².